The van der Waals surface area contributed by atoms with Crippen LogP contribution >= 0.6 is 0 Å². The molecule has 0 saturated carbocycles. The van der Waals surface area contributed by atoms with Gasteiger partial charge in [-0.25, -0.2) is 0 Å². The van der Waals surface area contributed by atoms with Crippen molar-refractivity contribution in [2.24, 2.45) is 5.92 Å². The summed E-state index contributed by atoms with van der Waals surface area (Å²) < 4.78 is 7.37. The molecule has 0 radical (unpaired) electrons. The zero-order chi connectivity index (χ0) is 17.6. The topological polar surface area (TPSA) is 71.4 Å². The normalized spacial score (nSPS) is 23.6. The van der Waals surface area contributed by atoms with Gasteiger partial charge in [-0.2, -0.15) is 5.10 Å². The lowest BCUT2D eigenvalue weighted by atomic mass is 10.0. The summed E-state index contributed by atoms with van der Waals surface area (Å²) in [5, 5.41) is 11.0. The molecule has 0 spiro atoms. The molecular weight excluding hydrogens is 318 g/mol. The standard InChI is InChI=1S/C18H31N5O2/c1-14(2)17(22-8-10-25-11-9-22)13-20-18(24)16-5-7-23(21-16)15-4-3-6-19-12-15/h5,7,14-15,17,19H,3-4,6,8-13H2,1-2H3,(H,20,24). The molecule has 1 amide bonds. The Bertz CT molecular complexity index is 547. The number of carbonyl (C=O) groups is 1. The summed E-state index contributed by atoms with van der Waals surface area (Å²) in [6.07, 6.45) is 4.19. The van der Waals surface area contributed by atoms with E-state index >= 15 is 0 Å². The average Bonchev–Trinajstić information content (AvgIpc) is 3.13. The Morgan fingerprint density at radius 2 is 2.24 bits per heavy atom. The van der Waals surface area contributed by atoms with Gasteiger partial charge in [-0.3, -0.25) is 14.4 Å². The lowest BCUT2D eigenvalue weighted by molar-refractivity contribution is 0.00671. The number of aromatic nitrogens is 2. The van der Waals surface area contributed by atoms with Crippen molar-refractivity contribution in [3.05, 3.63) is 18.0 Å². The molecule has 2 saturated heterocycles. The number of nitrogens with zero attached hydrogens (tertiary/aromatic N) is 3. The Hall–Kier alpha value is -1.44. The minimum Gasteiger partial charge on any atom is -0.379 e. The third kappa shape index (κ3) is 4.80. The highest BCUT2D eigenvalue weighted by molar-refractivity contribution is 5.92. The van der Waals surface area contributed by atoms with Crippen LogP contribution in [0, 0.1) is 5.92 Å². The van der Waals surface area contributed by atoms with Crippen molar-refractivity contribution in [2.75, 3.05) is 45.9 Å². The summed E-state index contributed by atoms with van der Waals surface area (Å²) in [5.74, 6) is 0.394. The Labute approximate surface area is 150 Å². The number of hydrogen-bond acceptors (Lipinski definition) is 5. The summed E-state index contributed by atoms with van der Waals surface area (Å²) in [7, 11) is 0. The molecule has 3 heterocycles. The molecule has 0 bridgehead atoms. The molecule has 2 aliphatic heterocycles. The maximum Gasteiger partial charge on any atom is 0.271 e. The second kappa shape index (κ2) is 8.78. The maximum absolute atomic E-state index is 12.5. The van der Waals surface area contributed by atoms with Crippen LogP contribution < -0.4 is 10.6 Å². The van der Waals surface area contributed by atoms with E-state index in [0.29, 0.717) is 30.2 Å². The predicted octanol–water partition coefficient (Wildman–Crippen LogP) is 0.894. The van der Waals surface area contributed by atoms with Gasteiger partial charge in [-0.1, -0.05) is 13.8 Å². The van der Waals surface area contributed by atoms with Crippen molar-refractivity contribution in [3.63, 3.8) is 0 Å². The monoisotopic (exact) mass is 349 g/mol. The quantitative estimate of drug-likeness (QED) is 0.798. The number of amides is 1. The van der Waals surface area contributed by atoms with Crippen molar-refractivity contribution in [3.8, 4) is 0 Å². The summed E-state index contributed by atoms with van der Waals surface area (Å²) in [4.78, 5) is 14.9. The largest absolute Gasteiger partial charge is 0.379 e. The third-order valence-electron chi connectivity index (χ3n) is 5.24. The summed E-state index contributed by atoms with van der Waals surface area (Å²) in [6, 6.07) is 2.51. The molecule has 25 heavy (non-hydrogen) atoms. The van der Waals surface area contributed by atoms with E-state index < -0.39 is 0 Å². The van der Waals surface area contributed by atoms with Crippen LogP contribution in [-0.4, -0.2) is 72.6 Å². The van der Waals surface area contributed by atoms with Crippen LogP contribution in [-0.2, 0) is 4.74 Å². The van der Waals surface area contributed by atoms with Gasteiger partial charge < -0.3 is 15.4 Å². The van der Waals surface area contributed by atoms with Crippen molar-refractivity contribution in [1.29, 1.82) is 0 Å². The highest BCUT2D eigenvalue weighted by atomic mass is 16.5. The minimum atomic E-state index is -0.0820. The minimum absolute atomic E-state index is 0.0820. The van der Waals surface area contributed by atoms with Crippen LogP contribution in [0.3, 0.4) is 0 Å². The first kappa shape index (κ1) is 18.4. The van der Waals surface area contributed by atoms with E-state index in [0.717, 1.165) is 52.2 Å². The molecule has 3 rings (SSSR count). The molecule has 2 atom stereocenters. The number of ether oxygens (including phenoxy) is 1. The van der Waals surface area contributed by atoms with Crippen LogP contribution in [0.2, 0.25) is 0 Å². The SMILES string of the molecule is CC(C)C(CNC(=O)c1ccn(C2CCCNC2)n1)N1CCOCC1. The Balaban J connectivity index is 1.54. The van der Waals surface area contributed by atoms with E-state index in [2.05, 4.69) is 34.5 Å². The van der Waals surface area contributed by atoms with Crippen molar-refractivity contribution in [1.82, 2.24) is 25.3 Å². The zero-order valence-electron chi connectivity index (χ0n) is 15.4. The van der Waals surface area contributed by atoms with Gasteiger partial charge in [0, 0.05) is 38.4 Å². The molecule has 2 fully saturated rings. The molecule has 0 aliphatic carbocycles. The molecule has 7 heteroatoms. The van der Waals surface area contributed by atoms with Crippen LogP contribution in [0.1, 0.15) is 43.2 Å². The van der Waals surface area contributed by atoms with Crippen LogP contribution in [0.25, 0.3) is 0 Å². The van der Waals surface area contributed by atoms with E-state index in [4.69, 9.17) is 4.74 Å². The van der Waals surface area contributed by atoms with Crippen LogP contribution in [0.4, 0.5) is 0 Å². The molecule has 1 aromatic rings. The zero-order valence-corrected chi connectivity index (χ0v) is 15.4. The number of morpholine rings is 1. The number of carbonyl (C=O) groups excluding carboxylic acids is 1. The fraction of sp³-hybridized carbons (Fsp3) is 0.778. The van der Waals surface area contributed by atoms with Crippen molar-refractivity contribution >= 4 is 5.91 Å². The third-order valence-corrected chi connectivity index (χ3v) is 5.24. The molecule has 140 valence electrons. The number of nitrogens with one attached hydrogen (secondary N) is 2. The second-order valence-corrected chi connectivity index (χ2v) is 7.35. The number of rotatable bonds is 6. The maximum atomic E-state index is 12.5. The Morgan fingerprint density at radius 1 is 1.44 bits per heavy atom. The summed E-state index contributed by atoms with van der Waals surface area (Å²) in [5.41, 5.74) is 0.509. The fourth-order valence-electron chi connectivity index (χ4n) is 3.71. The number of piperidine rings is 1. The number of hydrogen-bond donors (Lipinski definition) is 2. The van der Waals surface area contributed by atoms with E-state index in [-0.39, 0.29) is 5.91 Å². The molecular formula is C18H31N5O2. The van der Waals surface area contributed by atoms with Gasteiger partial charge in [0.25, 0.3) is 5.91 Å². The van der Waals surface area contributed by atoms with E-state index in [9.17, 15) is 4.79 Å². The molecule has 7 nitrogen and oxygen atoms in total. The van der Waals surface area contributed by atoms with Crippen LogP contribution in [0.15, 0.2) is 12.3 Å². The van der Waals surface area contributed by atoms with E-state index in [1.165, 1.54) is 0 Å². The van der Waals surface area contributed by atoms with Gasteiger partial charge in [0.1, 0.15) is 5.69 Å². The summed E-state index contributed by atoms with van der Waals surface area (Å²) >= 11 is 0. The van der Waals surface area contributed by atoms with Gasteiger partial charge in [0.2, 0.25) is 0 Å². The van der Waals surface area contributed by atoms with Gasteiger partial charge in [-0.15, -0.1) is 0 Å². The molecule has 2 aliphatic rings. The summed E-state index contributed by atoms with van der Waals surface area (Å²) in [6.45, 7) is 10.5. The molecule has 2 N–H and O–H groups in total. The highest BCUT2D eigenvalue weighted by Gasteiger charge is 2.25. The lowest BCUT2D eigenvalue weighted by Crippen LogP contribution is -2.51. The Morgan fingerprint density at radius 3 is 2.92 bits per heavy atom. The first-order valence-electron chi connectivity index (χ1n) is 9.51. The predicted molar refractivity (Wildman–Crippen MR) is 96.7 cm³/mol. The van der Waals surface area contributed by atoms with Gasteiger partial charge in [0.15, 0.2) is 0 Å². The average molecular weight is 349 g/mol. The Kier molecular flexibility index (Phi) is 6.45. The fourth-order valence-corrected chi connectivity index (χ4v) is 3.71. The van der Waals surface area contributed by atoms with E-state index in [1.54, 1.807) is 0 Å². The lowest BCUT2D eigenvalue weighted by Gasteiger charge is -2.36. The van der Waals surface area contributed by atoms with Gasteiger partial charge in [0.05, 0.1) is 19.3 Å². The van der Waals surface area contributed by atoms with Crippen molar-refractivity contribution < 1.29 is 9.53 Å². The molecule has 0 aromatic carbocycles. The van der Waals surface area contributed by atoms with Gasteiger partial charge in [-0.05, 0) is 31.4 Å². The first-order valence-corrected chi connectivity index (χ1v) is 9.51. The molecule has 1 aromatic heterocycles. The highest BCUT2D eigenvalue weighted by Crippen LogP contribution is 2.16. The van der Waals surface area contributed by atoms with Crippen molar-refractivity contribution in [2.45, 2.75) is 38.8 Å². The molecule has 2 unspecified atom stereocenters. The smallest absolute Gasteiger partial charge is 0.271 e. The van der Waals surface area contributed by atoms with E-state index in [1.807, 2.05) is 16.9 Å². The first-order chi connectivity index (χ1) is 12.1. The van der Waals surface area contributed by atoms with Gasteiger partial charge >= 0.3 is 0 Å². The second-order valence-electron chi connectivity index (χ2n) is 7.35. The van der Waals surface area contributed by atoms with Crippen LogP contribution in [0.5, 0.6) is 0 Å².